The van der Waals surface area contributed by atoms with Crippen LogP contribution in [0, 0.1) is 0 Å². The Morgan fingerprint density at radius 2 is 2.00 bits per heavy atom. The Balaban J connectivity index is 1.70. The lowest BCUT2D eigenvalue weighted by Crippen LogP contribution is -1.94. The molecule has 1 aliphatic rings. The molecule has 1 aliphatic carbocycles. The SMILES string of the molecule is c1cnc(SCc2ccc3c(n2)CCC3)nc1. The topological polar surface area (TPSA) is 38.7 Å². The van der Waals surface area contributed by atoms with Crippen molar-refractivity contribution in [2.75, 3.05) is 0 Å². The highest BCUT2D eigenvalue weighted by molar-refractivity contribution is 7.98. The third kappa shape index (κ3) is 2.47. The van der Waals surface area contributed by atoms with Crippen LogP contribution in [0.5, 0.6) is 0 Å². The monoisotopic (exact) mass is 243 g/mol. The van der Waals surface area contributed by atoms with Crippen molar-refractivity contribution >= 4 is 11.8 Å². The summed E-state index contributed by atoms with van der Waals surface area (Å²) in [5, 5.41) is 0.815. The molecule has 0 amide bonds. The summed E-state index contributed by atoms with van der Waals surface area (Å²) in [5.41, 5.74) is 3.84. The van der Waals surface area contributed by atoms with Gasteiger partial charge in [-0.15, -0.1) is 0 Å². The minimum absolute atomic E-state index is 0.815. The van der Waals surface area contributed by atoms with Gasteiger partial charge in [-0.2, -0.15) is 0 Å². The smallest absolute Gasteiger partial charge is 0.187 e. The van der Waals surface area contributed by atoms with Crippen LogP contribution in [0.15, 0.2) is 35.7 Å². The summed E-state index contributed by atoms with van der Waals surface area (Å²) in [5.74, 6) is 0.845. The lowest BCUT2D eigenvalue weighted by Gasteiger charge is -2.03. The van der Waals surface area contributed by atoms with Crippen molar-refractivity contribution in [3.05, 3.63) is 47.5 Å². The fourth-order valence-electron chi connectivity index (χ4n) is 2.04. The molecule has 2 heterocycles. The van der Waals surface area contributed by atoms with Gasteiger partial charge in [-0.3, -0.25) is 4.98 Å². The molecular weight excluding hydrogens is 230 g/mol. The average Bonchev–Trinajstić information content (AvgIpc) is 2.85. The van der Waals surface area contributed by atoms with Crippen molar-refractivity contribution < 1.29 is 0 Å². The predicted octanol–water partition coefficient (Wildman–Crippen LogP) is 2.65. The van der Waals surface area contributed by atoms with E-state index in [0.717, 1.165) is 23.0 Å². The fourth-order valence-corrected chi connectivity index (χ4v) is 2.75. The van der Waals surface area contributed by atoms with Crippen LogP contribution in [0.25, 0.3) is 0 Å². The standard InChI is InChI=1S/C13H13N3S/c1-3-10-5-6-11(16-12(10)4-1)9-17-13-14-7-2-8-15-13/h2,5-8H,1,3-4,9H2. The van der Waals surface area contributed by atoms with Gasteiger partial charge >= 0.3 is 0 Å². The number of nitrogens with zero attached hydrogens (tertiary/aromatic N) is 3. The minimum atomic E-state index is 0.815. The molecule has 0 spiro atoms. The molecule has 0 aliphatic heterocycles. The second kappa shape index (κ2) is 4.84. The van der Waals surface area contributed by atoms with E-state index in [0.29, 0.717) is 0 Å². The molecule has 4 heteroatoms. The zero-order valence-corrected chi connectivity index (χ0v) is 10.3. The van der Waals surface area contributed by atoms with Crippen molar-refractivity contribution in [1.29, 1.82) is 0 Å². The van der Waals surface area contributed by atoms with Crippen molar-refractivity contribution in [3.63, 3.8) is 0 Å². The van der Waals surface area contributed by atoms with E-state index in [1.807, 2.05) is 6.07 Å². The first-order valence-electron chi connectivity index (χ1n) is 5.79. The number of aryl methyl sites for hydroxylation is 2. The van der Waals surface area contributed by atoms with Crippen LogP contribution in [0.1, 0.15) is 23.4 Å². The summed E-state index contributed by atoms with van der Waals surface area (Å²) in [6.07, 6.45) is 7.12. The van der Waals surface area contributed by atoms with Gasteiger partial charge in [-0.25, -0.2) is 9.97 Å². The molecule has 17 heavy (non-hydrogen) atoms. The number of aromatic nitrogens is 3. The van der Waals surface area contributed by atoms with E-state index in [9.17, 15) is 0 Å². The molecule has 2 aromatic rings. The maximum Gasteiger partial charge on any atom is 0.187 e. The van der Waals surface area contributed by atoms with E-state index in [-0.39, 0.29) is 0 Å². The molecule has 0 bridgehead atoms. The third-order valence-corrected chi connectivity index (χ3v) is 3.79. The predicted molar refractivity (Wildman–Crippen MR) is 67.9 cm³/mol. The summed E-state index contributed by atoms with van der Waals surface area (Å²) < 4.78 is 0. The largest absolute Gasteiger partial charge is 0.257 e. The van der Waals surface area contributed by atoms with Gasteiger partial charge in [0.25, 0.3) is 0 Å². The molecule has 0 saturated heterocycles. The quantitative estimate of drug-likeness (QED) is 0.613. The molecular formula is C13H13N3S. The second-order valence-electron chi connectivity index (χ2n) is 4.08. The zero-order valence-electron chi connectivity index (χ0n) is 9.47. The van der Waals surface area contributed by atoms with Crippen LogP contribution >= 0.6 is 11.8 Å². The highest BCUT2D eigenvalue weighted by Gasteiger charge is 2.12. The molecule has 0 aromatic carbocycles. The number of hydrogen-bond acceptors (Lipinski definition) is 4. The molecule has 2 aromatic heterocycles. The average molecular weight is 243 g/mol. The van der Waals surface area contributed by atoms with Gasteiger partial charge < -0.3 is 0 Å². The Morgan fingerprint density at radius 3 is 2.88 bits per heavy atom. The summed E-state index contributed by atoms with van der Waals surface area (Å²) in [4.78, 5) is 13.1. The number of fused-ring (bicyclic) bond motifs is 1. The Kier molecular flexibility index (Phi) is 3.05. The lowest BCUT2D eigenvalue weighted by molar-refractivity contribution is 0.896. The molecule has 3 nitrogen and oxygen atoms in total. The summed E-state index contributed by atoms with van der Waals surface area (Å²) in [6.45, 7) is 0. The second-order valence-corrected chi connectivity index (χ2v) is 5.02. The maximum absolute atomic E-state index is 4.69. The van der Waals surface area contributed by atoms with Gasteiger partial charge in [0.2, 0.25) is 0 Å². The molecule has 86 valence electrons. The van der Waals surface area contributed by atoms with Crippen molar-refractivity contribution in [2.24, 2.45) is 0 Å². The highest BCUT2D eigenvalue weighted by atomic mass is 32.2. The van der Waals surface area contributed by atoms with Gasteiger partial charge in [0.1, 0.15) is 0 Å². The van der Waals surface area contributed by atoms with Gasteiger partial charge in [0.05, 0.1) is 5.69 Å². The van der Waals surface area contributed by atoms with Crippen LogP contribution in [-0.2, 0) is 18.6 Å². The highest BCUT2D eigenvalue weighted by Crippen LogP contribution is 2.23. The number of thioether (sulfide) groups is 1. The van der Waals surface area contributed by atoms with Crippen LogP contribution in [-0.4, -0.2) is 15.0 Å². The first-order chi connectivity index (χ1) is 8.42. The van der Waals surface area contributed by atoms with Crippen molar-refractivity contribution in [3.8, 4) is 0 Å². The molecule has 0 unspecified atom stereocenters. The van der Waals surface area contributed by atoms with E-state index < -0.39 is 0 Å². The van der Waals surface area contributed by atoms with Gasteiger partial charge in [0, 0.05) is 23.8 Å². The Hall–Kier alpha value is -1.42. The number of rotatable bonds is 3. The molecule has 0 radical (unpaired) electrons. The van der Waals surface area contributed by atoms with Crippen LogP contribution in [0.2, 0.25) is 0 Å². The van der Waals surface area contributed by atoms with E-state index >= 15 is 0 Å². The Morgan fingerprint density at radius 1 is 1.12 bits per heavy atom. The normalized spacial score (nSPS) is 13.6. The number of pyridine rings is 1. The first-order valence-corrected chi connectivity index (χ1v) is 6.78. The fraction of sp³-hybridized carbons (Fsp3) is 0.308. The van der Waals surface area contributed by atoms with Crippen LogP contribution < -0.4 is 0 Å². The van der Waals surface area contributed by atoms with Crippen molar-refractivity contribution in [2.45, 2.75) is 30.2 Å². The van der Waals surface area contributed by atoms with Crippen LogP contribution in [0.4, 0.5) is 0 Å². The molecule has 0 fully saturated rings. The third-order valence-electron chi connectivity index (χ3n) is 2.88. The van der Waals surface area contributed by atoms with E-state index in [2.05, 4.69) is 22.1 Å². The van der Waals surface area contributed by atoms with Crippen molar-refractivity contribution in [1.82, 2.24) is 15.0 Å². The molecule has 0 saturated carbocycles. The molecule has 0 atom stereocenters. The zero-order chi connectivity index (χ0) is 11.5. The minimum Gasteiger partial charge on any atom is -0.257 e. The maximum atomic E-state index is 4.69. The van der Waals surface area contributed by atoms with E-state index in [1.165, 1.54) is 24.1 Å². The summed E-state index contributed by atoms with van der Waals surface area (Å²) >= 11 is 1.63. The van der Waals surface area contributed by atoms with E-state index in [1.54, 1.807) is 24.2 Å². The first kappa shape index (κ1) is 10.7. The van der Waals surface area contributed by atoms with Gasteiger partial charge in [-0.1, -0.05) is 17.8 Å². The summed E-state index contributed by atoms with van der Waals surface area (Å²) in [6, 6.07) is 6.18. The molecule has 3 rings (SSSR count). The molecule has 0 N–H and O–H groups in total. The van der Waals surface area contributed by atoms with Crippen LogP contribution in [0.3, 0.4) is 0 Å². The Bertz CT molecular complexity index is 513. The lowest BCUT2D eigenvalue weighted by atomic mass is 10.2. The van der Waals surface area contributed by atoms with Gasteiger partial charge in [0.15, 0.2) is 5.16 Å². The van der Waals surface area contributed by atoms with Gasteiger partial charge in [-0.05, 0) is 37.0 Å². The Labute approximate surface area is 105 Å². The number of hydrogen-bond donors (Lipinski definition) is 0. The summed E-state index contributed by atoms with van der Waals surface area (Å²) in [7, 11) is 0. The van der Waals surface area contributed by atoms with E-state index in [4.69, 9.17) is 4.98 Å².